The van der Waals surface area contributed by atoms with Gasteiger partial charge in [0.1, 0.15) is 0 Å². The van der Waals surface area contributed by atoms with Gasteiger partial charge in [-0.3, -0.25) is 0 Å². The molecule has 3 heterocycles. The van der Waals surface area contributed by atoms with E-state index in [0.29, 0.717) is 11.5 Å². The first-order valence-electron chi connectivity index (χ1n) is 14.9. The van der Waals surface area contributed by atoms with Crippen LogP contribution in [-0.4, -0.2) is 14.5 Å². The number of thiophene rings is 1. The Balaban J connectivity index is 1.15. The summed E-state index contributed by atoms with van der Waals surface area (Å²) in [5.74, 6) is 0.688. The highest BCUT2D eigenvalue weighted by molar-refractivity contribution is 7.26. The van der Waals surface area contributed by atoms with Crippen molar-refractivity contribution in [1.29, 1.82) is 0 Å². The summed E-state index contributed by atoms with van der Waals surface area (Å²) in [6.45, 7) is 8.07. The number of rotatable bonds is 4. The molecule has 0 bridgehead atoms. The normalized spacial score (nSPS) is 11.6. The maximum Gasteiger partial charge on any atom is 0.187 e. The third-order valence-corrected chi connectivity index (χ3v) is 9.89. The van der Waals surface area contributed by atoms with E-state index in [4.69, 9.17) is 16.5 Å². The number of fused-ring (bicyclic) bond motifs is 8. The number of aromatic nitrogens is 3. The molecule has 0 amide bonds. The summed E-state index contributed by atoms with van der Waals surface area (Å²) < 4.78 is 5.13. The molecule has 0 aliphatic heterocycles. The molecule has 0 radical (unpaired) electrons. The lowest BCUT2D eigenvalue weighted by Crippen LogP contribution is -2.00. The van der Waals surface area contributed by atoms with Gasteiger partial charge in [-0.15, -0.1) is 11.3 Å². The van der Waals surface area contributed by atoms with Crippen LogP contribution in [0.3, 0.4) is 0 Å². The predicted molar refractivity (Wildman–Crippen MR) is 188 cm³/mol. The number of hydrogen-bond donors (Lipinski definition) is 0. The van der Waals surface area contributed by atoms with Gasteiger partial charge in [-0.25, -0.2) is 14.8 Å². The van der Waals surface area contributed by atoms with Gasteiger partial charge in [-0.2, -0.15) is 0 Å². The van der Waals surface area contributed by atoms with Crippen molar-refractivity contribution in [2.24, 2.45) is 0 Å². The Bertz CT molecular complexity index is 2620. The molecule has 0 fully saturated rings. The Morgan fingerprint density at radius 3 is 2.11 bits per heavy atom. The van der Waals surface area contributed by atoms with Gasteiger partial charge in [0.05, 0.1) is 28.0 Å². The third kappa shape index (κ3) is 4.11. The van der Waals surface area contributed by atoms with Crippen molar-refractivity contribution in [2.45, 2.75) is 6.54 Å². The summed E-state index contributed by atoms with van der Waals surface area (Å²) in [7, 11) is 0. The molecule has 210 valence electrons. The van der Waals surface area contributed by atoms with Gasteiger partial charge in [0.15, 0.2) is 11.5 Å². The Morgan fingerprint density at radius 2 is 1.29 bits per heavy atom. The van der Waals surface area contributed by atoms with E-state index in [1.807, 2.05) is 53.8 Å². The largest absolute Gasteiger partial charge is 0.335 e. The van der Waals surface area contributed by atoms with Gasteiger partial charge in [0, 0.05) is 49.3 Å². The van der Waals surface area contributed by atoms with Crippen molar-refractivity contribution in [3.8, 4) is 22.6 Å². The minimum Gasteiger partial charge on any atom is -0.335 e. The molecule has 0 saturated carbocycles. The van der Waals surface area contributed by atoms with Crippen LogP contribution in [0.4, 0.5) is 5.69 Å². The minimum absolute atomic E-state index is 0.615. The summed E-state index contributed by atoms with van der Waals surface area (Å²) in [5, 5.41) is 6.20. The molecule has 0 N–H and O–H groups in total. The van der Waals surface area contributed by atoms with E-state index in [1.54, 1.807) is 0 Å². The van der Waals surface area contributed by atoms with Crippen LogP contribution in [-0.2, 0) is 6.54 Å². The maximum atomic E-state index is 7.31. The Kier molecular flexibility index (Phi) is 5.77. The molecule has 4 nitrogen and oxygen atoms in total. The van der Waals surface area contributed by atoms with Crippen LogP contribution in [0.5, 0.6) is 0 Å². The zero-order valence-corrected chi connectivity index (χ0v) is 24.9. The molecular formula is C40H24N4S. The quantitative estimate of drug-likeness (QED) is 0.191. The second kappa shape index (κ2) is 10.1. The fourth-order valence-corrected chi connectivity index (χ4v) is 7.80. The topological polar surface area (TPSA) is 35.1 Å². The Hall–Kier alpha value is -5.83. The summed E-state index contributed by atoms with van der Waals surface area (Å²) in [6.07, 6.45) is 0. The van der Waals surface area contributed by atoms with Crippen molar-refractivity contribution < 1.29 is 0 Å². The zero-order chi connectivity index (χ0) is 29.9. The fourth-order valence-electron chi connectivity index (χ4n) is 6.54. The number of para-hydroxylation sites is 2. The number of nitrogens with zero attached hydrogens (tertiary/aromatic N) is 4. The summed E-state index contributed by atoms with van der Waals surface area (Å²) in [5.41, 5.74) is 8.08. The van der Waals surface area contributed by atoms with Crippen molar-refractivity contribution in [3.05, 3.63) is 150 Å². The Labute approximate surface area is 263 Å². The first-order valence-corrected chi connectivity index (χ1v) is 15.7. The molecule has 45 heavy (non-hydrogen) atoms. The van der Waals surface area contributed by atoms with Crippen LogP contribution in [0.2, 0.25) is 0 Å². The van der Waals surface area contributed by atoms with Crippen molar-refractivity contribution in [2.75, 3.05) is 0 Å². The van der Waals surface area contributed by atoms with E-state index in [9.17, 15) is 0 Å². The maximum absolute atomic E-state index is 7.31. The Morgan fingerprint density at radius 1 is 0.600 bits per heavy atom. The lowest BCUT2D eigenvalue weighted by molar-refractivity contribution is 0.872. The van der Waals surface area contributed by atoms with Gasteiger partial charge in [-0.1, -0.05) is 115 Å². The van der Waals surface area contributed by atoms with Crippen LogP contribution in [0, 0.1) is 6.57 Å². The molecule has 3 aromatic heterocycles. The minimum atomic E-state index is 0.615. The molecule has 0 aliphatic carbocycles. The number of benzene rings is 6. The summed E-state index contributed by atoms with van der Waals surface area (Å²) in [4.78, 5) is 13.5. The predicted octanol–water partition coefficient (Wildman–Crippen LogP) is 11.0. The van der Waals surface area contributed by atoms with E-state index in [0.717, 1.165) is 34.3 Å². The van der Waals surface area contributed by atoms with Gasteiger partial charge >= 0.3 is 0 Å². The van der Waals surface area contributed by atoms with Crippen LogP contribution < -0.4 is 0 Å². The highest BCUT2D eigenvalue weighted by Crippen LogP contribution is 2.42. The highest BCUT2D eigenvalue weighted by atomic mass is 32.1. The second-order valence-electron chi connectivity index (χ2n) is 11.3. The van der Waals surface area contributed by atoms with Gasteiger partial charge in [0.25, 0.3) is 0 Å². The second-order valence-corrected chi connectivity index (χ2v) is 12.4. The van der Waals surface area contributed by atoms with E-state index >= 15 is 0 Å². The third-order valence-electron chi connectivity index (χ3n) is 8.70. The molecule has 0 unspecified atom stereocenters. The highest BCUT2D eigenvalue weighted by Gasteiger charge is 2.17. The molecule has 0 aliphatic rings. The van der Waals surface area contributed by atoms with Crippen LogP contribution >= 0.6 is 11.3 Å². The van der Waals surface area contributed by atoms with Crippen LogP contribution in [0.1, 0.15) is 5.56 Å². The van der Waals surface area contributed by atoms with Crippen LogP contribution in [0.25, 0.3) is 80.4 Å². The smallest absolute Gasteiger partial charge is 0.187 e. The fraction of sp³-hybridized carbons (Fsp3) is 0.0250. The van der Waals surface area contributed by atoms with Crippen molar-refractivity contribution in [1.82, 2.24) is 14.5 Å². The SMILES string of the molecule is [C-]#[N+]c1ccc(-c2nc(-c3ccc(Cn4c5ccccc5c5ccc6c7ccccc7sc6c54)cc3)nc3ccccc23)cc1. The lowest BCUT2D eigenvalue weighted by Gasteiger charge is -2.11. The monoisotopic (exact) mass is 592 g/mol. The zero-order valence-electron chi connectivity index (χ0n) is 24.1. The average Bonchev–Trinajstić information content (AvgIpc) is 3.64. The molecule has 0 spiro atoms. The van der Waals surface area contributed by atoms with E-state index < -0.39 is 0 Å². The van der Waals surface area contributed by atoms with Gasteiger partial charge < -0.3 is 4.57 Å². The summed E-state index contributed by atoms with van der Waals surface area (Å²) >= 11 is 1.88. The van der Waals surface area contributed by atoms with E-state index in [1.165, 1.54) is 47.5 Å². The molecule has 0 saturated heterocycles. The van der Waals surface area contributed by atoms with Gasteiger partial charge in [-0.05, 0) is 29.3 Å². The van der Waals surface area contributed by atoms with E-state index in [2.05, 4.69) is 100 Å². The molecule has 0 atom stereocenters. The van der Waals surface area contributed by atoms with Crippen LogP contribution in [0.15, 0.2) is 133 Å². The van der Waals surface area contributed by atoms with E-state index in [-0.39, 0.29) is 0 Å². The molecular weight excluding hydrogens is 569 g/mol. The first kappa shape index (κ1) is 25.6. The van der Waals surface area contributed by atoms with Crippen molar-refractivity contribution >= 4 is 69.9 Å². The molecule has 5 heteroatoms. The van der Waals surface area contributed by atoms with Crippen molar-refractivity contribution in [3.63, 3.8) is 0 Å². The standard InChI is InChI=1S/C40H24N4S/c1-41-28-20-18-26(19-21-28)37-33-10-2-5-11-34(33)42-40(43-37)27-16-14-25(15-17-27)24-44-35-12-6-3-8-29(35)31-22-23-32-30-9-4-7-13-36(30)45-39(32)38(31)44/h2-23H,24H2. The summed E-state index contributed by atoms with van der Waals surface area (Å²) in [6, 6.07) is 46.4. The first-order chi connectivity index (χ1) is 22.2. The molecule has 9 aromatic rings. The molecule has 9 rings (SSSR count). The lowest BCUT2D eigenvalue weighted by atomic mass is 10.0. The number of hydrogen-bond acceptors (Lipinski definition) is 3. The average molecular weight is 593 g/mol. The molecule has 6 aromatic carbocycles. The van der Waals surface area contributed by atoms with Gasteiger partial charge in [0.2, 0.25) is 0 Å².